The van der Waals surface area contributed by atoms with Gasteiger partial charge in [-0.3, -0.25) is 4.79 Å². The van der Waals surface area contributed by atoms with Crippen LogP contribution in [-0.4, -0.2) is 47.3 Å². The number of hydrogen-bond acceptors (Lipinski definition) is 6. The Hall–Kier alpha value is -2.03. The maximum Gasteiger partial charge on any atom is 0.326 e. The van der Waals surface area contributed by atoms with Gasteiger partial charge >= 0.3 is 11.9 Å². The van der Waals surface area contributed by atoms with Gasteiger partial charge in [-0.05, 0) is 12.5 Å². The van der Waals surface area contributed by atoms with Crippen molar-refractivity contribution in [3.63, 3.8) is 0 Å². The number of nitrogens with one attached hydrogen (secondary N) is 1. The maximum absolute atomic E-state index is 11.7. The van der Waals surface area contributed by atoms with Crippen molar-refractivity contribution in [2.45, 2.75) is 32.0 Å². The van der Waals surface area contributed by atoms with Crippen molar-refractivity contribution < 1.29 is 24.2 Å². The molecule has 0 spiro atoms. The summed E-state index contributed by atoms with van der Waals surface area (Å²) in [6.45, 7) is 2.32. The Balaban J connectivity index is 2.25. The molecule has 1 rings (SSSR count). The quantitative estimate of drug-likeness (QED) is 0.322. The third kappa shape index (κ3) is 8.00. The lowest BCUT2D eigenvalue weighted by Gasteiger charge is -2.17. The summed E-state index contributed by atoms with van der Waals surface area (Å²) in [5, 5.41) is 11.6. The summed E-state index contributed by atoms with van der Waals surface area (Å²) in [6, 6.07) is 7.92. The summed E-state index contributed by atoms with van der Waals surface area (Å²) in [4.78, 5) is 23.0. The fourth-order valence-electron chi connectivity index (χ4n) is 1.71. The Morgan fingerprint density at radius 1 is 1.29 bits per heavy atom. The van der Waals surface area contributed by atoms with E-state index in [1.807, 2.05) is 30.3 Å². The minimum atomic E-state index is -1.20. The normalized spacial score (nSPS) is 12.9. The number of carbonyl (C=O) groups is 2. The molecule has 0 saturated carbocycles. The van der Waals surface area contributed by atoms with Gasteiger partial charge < -0.3 is 25.6 Å². The van der Waals surface area contributed by atoms with Crippen molar-refractivity contribution in [1.29, 1.82) is 0 Å². The SMILES string of the molecule is C[C@H](N)C(=S)N[C@@H](CC(=O)OCCOCc1ccccc1)C(=O)O. The molecule has 24 heavy (non-hydrogen) atoms. The molecular formula is C16H22N2O5S. The van der Waals surface area contributed by atoms with Gasteiger partial charge in [0.25, 0.3) is 0 Å². The van der Waals surface area contributed by atoms with Gasteiger partial charge in [-0.15, -0.1) is 0 Å². The van der Waals surface area contributed by atoms with Gasteiger partial charge in [0.05, 0.1) is 30.7 Å². The molecule has 0 fully saturated rings. The summed E-state index contributed by atoms with van der Waals surface area (Å²) >= 11 is 4.92. The highest BCUT2D eigenvalue weighted by Gasteiger charge is 2.23. The van der Waals surface area contributed by atoms with Crippen LogP contribution in [0, 0.1) is 0 Å². The zero-order valence-electron chi connectivity index (χ0n) is 13.4. The van der Waals surface area contributed by atoms with Crippen molar-refractivity contribution in [2.24, 2.45) is 5.73 Å². The smallest absolute Gasteiger partial charge is 0.326 e. The largest absolute Gasteiger partial charge is 0.480 e. The van der Waals surface area contributed by atoms with E-state index in [-0.39, 0.29) is 24.6 Å². The molecule has 8 heteroatoms. The Morgan fingerprint density at radius 3 is 2.54 bits per heavy atom. The summed E-state index contributed by atoms with van der Waals surface area (Å²) in [5.74, 6) is -1.85. The van der Waals surface area contributed by atoms with Crippen LogP contribution in [0.1, 0.15) is 18.9 Å². The zero-order chi connectivity index (χ0) is 17.9. The monoisotopic (exact) mass is 354 g/mol. The molecule has 1 aromatic carbocycles. The van der Waals surface area contributed by atoms with E-state index in [0.717, 1.165) is 5.56 Å². The van der Waals surface area contributed by atoms with Gasteiger partial charge in [-0.25, -0.2) is 4.79 Å². The third-order valence-electron chi connectivity index (χ3n) is 3.00. The Labute approximate surface area is 146 Å². The first-order valence-electron chi connectivity index (χ1n) is 7.46. The fraction of sp³-hybridized carbons (Fsp3) is 0.438. The van der Waals surface area contributed by atoms with Crippen LogP contribution in [0.25, 0.3) is 0 Å². The number of thiocarbonyl (C=S) groups is 1. The highest BCUT2D eigenvalue weighted by molar-refractivity contribution is 7.80. The van der Waals surface area contributed by atoms with Crippen molar-refractivity contribution >= 4 is 29.1 Å². The molecule has 0 bridgehead atoms. The van der Waals surface area contributed by atoms with Crippen LogP contribution >= 0.6 is 12.2 Å². The molecule has 132 valence electrons. The zero-order valence-corrected chi connectivity index (χ0v) is 14.3. The number of benzene rings is 1. The number of carboxylic acids is 1. The van der Waals surface area contributed by atoms with E-state index >= 15 is 0 Å². The van der Waals surface area contributed by atoms with Crippen LogP contribution in [0.15, 0.2) is 30.3 Å². The standard InChI is InChI=1S/C16H22N2O5S/c1-11(17)15(24)18-13(16(20)21)9-14(19)23-8-7-22-10-12-5-3-2-4-6-12/h2-6,11,13H,7-10,17H2,1H3,(H,18,24)(H,20,21)/t11-,13-/m0/s1. The minimum absolute atomic E-state index is 0.0513. The molecule has 0 aliphatic carbocycles. The molecule has 0 unspecified atom stereocenters. The van der Waals surface area contributed by atoms with E-state index in [0.29, 0.717) is 6.61 Å². The van der Waals surface area contributed by atoms with Crippen molar-refractivity contribution in [2.75, 3.05) is 13.2 Å². The van der Waals surface area contributed by atoms with Gasteiger partial charge in [-0.2, -0.15) is 0 Å². The van der Waals surface area contributed by atoms with Crippen LogP contribution in [0.4, 0.5) is 0 Å². The number of nitrogens with two attached hydrogens (primary N) is 1. The highest BCUT2D eigenvalue weighted by atomic mass is 32.1. The number of carboxylic acid groups (broad SMARTS) is 1. The number of rotatable bonds is 10. The average molecular weight is 354 g/mol. The van der Waals surface area contributed by atoms with E-state index < -0.39 is 24.0 Å². The van der Waals surface area contributed by atoms with Gasteiger partial charge in [0, 0.05) is 0 Å². The molecule has 0 aliphatic heterocycles. The lowest BCUT2D eigenvalue weighted by Crippen LogP contribution is -2.47. The molecule has 0 radical (unpaired) electrons. The second-order valence-corrected chi connectivity index (χ2v) is 5.59. The predicted molar refractivity (Wildman–Crippen MR) is 92.5 cm³/mol. The highest BCUT2D eigenvalue weighted by Crippen LogP contribution is 2.01. The van der Waals surface area contributed by atoms with Gasteiger partial charge in [0.2, 0.25) is 0 Å². The van der Waals surface area contributed by atoms with E-state index in [9.17, 15) is 9.59 Å². The van der Waals surface area contributed by atoms with E-state index in [4.69, 9.17) is 32.5 Å². The van der Waals surface area contributed by atoms with E-state index in [1.165, 1.54) is 0 Å². The molecule has 0 aromatic heterocycles. The molecule has 0 amide bonds. The first kappa shape index (κ1) is 20.0. The Bertz CT molecular complexity index is 551. The van der Waals surface area contributed by atoms with Gasteiger partial charge in [0.1, 0.15) is 12.6 Å². The molecule has 2 atom stereocenters. The second-order valence-electron chi connectivity index (χ2n) is 5.15. The Kier molecular flexibility index (Phi) is 8.92. The van der Waals surface area contributed by atoms with Crippen molar-refractivity contribution in [3.8, 4) is 0 Å². The predicted octanol–water partition coefficient (Wildman–Crippen LogP) is 0.854. The summed E-state index contributed by atoms with van der Waals surface area (Å²) in [6.07, 6.45) is -0.346. The topological polar surface area (TPSA) is 111 Å². The first-order valence-corrected chi connectivity index (χ1v) is 7.87. The number of esters is 1. The van der Waals surface area contributed by atoms with Crippen LogP contribution in [0.3, 0.4) is 0 Å². The summed E-state index contributed by atoms with van der Waals surface area (Å²) in [5.41, 5.74) is 6.56. The maximum atomic E-state index is 11.7. The molecule has 0 saturated heterocycles. The van der Waals surface area contributed by atoms with Crippen molar-refractivity contribution in [1.82, 2.24) is 5.32 Å². The van der Waals surface area contributed by atoms with Crippen molar-refractivity contribution in [3.05, 3.63) is 35.9 Å². The average Bonchev–Trinajstić information content (AvgIpc) is 2.54. The molecule has 7 nitrogen and oxygen atoms in total. The number of hydrogen-bond donors (Lipinski definition) is 3. The number of aliphatic carboxylic acids is 1. The molecule has 0 aliphatic rings. The van der Waals surface area contributed by atoms with Crippen LogP contribution < -0.4 is 11.1 Å². The summed E-state index contributed by atoms with van der Waals surface area (Å²) in [7, 11) is 0. The summed E-state index contributed by atoms with van der Waals surface area (Å²) < 4.78 is 10.3. The van der Waals surface area contributed by atoms with Crippen LogP contribution in [-0.2, 0) is 25.7 Å². The lowest BCUT2D eigenvalue weighted by molar-refractivity contribution is -0.150. The first-order chi connectivity index (χ1) is 11.4. The molecule has 0 heterocycles. The molecule has 4 N–H and O–H groups in total. The Morgan fingerprint density at radius 2 is 1.96 bits per heavy atom. The fourth-order valence-corrected chi connectivity index (χ4v) is 1.85. The third-order valence-corrected chi connectivity index (χ3v) is 3.49. The lowest BCUT2D eigenvalue weighted by atomic mass is 10.2. The molecular weight excluding hydrogens is 332 g/mol. The second kappa shape index (κ2) is 10.7. The van der Waals surface area contributed by atoms with Crippen LogP contribution in [0.5, 0.6) is 0 Å². The van der Waals surface area contributed by atoms with E-state index in [2.05, 4.69) is 5.32 Å². The minimum Gasteiger partial charge on any atom is -0.480 e. The van der Waals surface area contributed by atoms with Gasteiger partial charge in [-0.1, -0.05) is 42.5 Å². The van der Waals surface area contributed by atoms with Crippen LogP contribution in [0.2, 0.25) is 0 Å². The van der Waals surface area contributed by atoms with E-state index in [1.54, 1.807) is 6.92 Å². The van der Waals surface area contributed by atoms with Gasteiger partial charge in [0.15, 0.2) is 0 Å². The molecule has 1 aromatic rings. The number of ether oxygens (including phenoxy) is 2. The number of carbonyl (C=O) groups excluding carboxylic acids is 1.